The van der Waals surface area contributed by atoms with Gasteiger partial charge in [-0.15, -0.1) is 24.8 Å². The van der Waals surface area contributed by atoms with Crippen molar-refractivity contribution in [1.29, 1.82) is 0 Å². The molecule has 13 heteroatoms. The van der Waals surface area contributed by atoms with E-state index in [-0.39, 0.29) is 36.4 Å². The van der Waals surface area contributed by atoms with E-state index in [9.17, 15) is 12.8 Å². The molecular weight excluding hydrogens is 592 g/mol. The SMILES string of the molecule is CS(=O)(=O)CCNCc1ccc(-c2cc3c(Nc4ccc(OCc5ccc(F)cc5)cc4)ncnc3cn2)o1.Cl.Cl. The molecule has 0 atom stereocenters. The monoisotopic (exact) mass is 619 g/mol. The molecule has 5 rings (SSSR count). The summed E-state index contributed by atoms with van der Waals surface area (Å²) in [5.74, 6) is 2.33. The van der Waals surface area contributed by atoms with Gasteiger partial charge in [0, 0.05) is 23.9 Å². The molecule has 0 spiro atoms. The number of pyridine rings is 1. The lowest BCUT2D eigenvalue weighted by Gasteiger charge is -2.10. The van der Waals surface area contributed by atoms with Gasteiger partial charge in [0.05, 0.1) is 24.0 Å². The van der Waals surface area contributed by atoms with Crippen LogP contribution in [0.3, 0.4) is 0 Å². The summed E-state index contributed by atoms with van der Waals surface area (Å²) in [6, 6.07) is 19.2. The highest BCUT2D eigenvalue weighted by atomic mass is 35.5. The number of hydrogen-bond donors (Lipinski definition) is 2. The minimum Gasteiger partial charge on any atom is -0.489 e. The molecule has 9 nitrogen and oxygen atoms in total. The number of anilines is 2. The molecule has 0 amide bonds. The van der Waals surface area contributed by atoms with Gasteiger partial charge in [-0.1, -0.05) is 12.1 Å². The van der Waals surface area contributed by atoms with Crippen LogP contribution in [0.2, 0.25) is 0 Å². The predicted molar refractivity (Wildman–Crippen MR) is 161 cm³/mol. The zero-order valence-corrected chi connectivity index (χ0v) is 24.4. The summed E-state index contributed by atoms with van der Waals surface area (Å²) in [4.78, 5) is 13.2. The van der Waals surface area contributed by atoms with Crippen LogP contribution in [-0.2, 0) is 23.0 Å². The fourth-order valence-corrected chi connectivity index (χ4v) is 4.31. The van der Waals surface area contributed by atoms with Gasteiger partial charge < -0.3 is 19.8 Å². The molecule has 216 valence electrons. The standard InChI is InChI=1S/C28H26FN5O4S.2ClH/c1-39(35,36)13-12-30-15-23-10-11-27(38-23)25-14-24-26(16-31-25)32-18-33-28(24)34-21-6-8-22(9-7-21)37-17-19-2-4-20(29)5-3-19;;/h2-11,14,16,18,30H,12-13,15,17H2,1H3,(H,32,33,34);2*1H. The van der Waals surface area contributed by atoms with Gasteiger partial charge in [0.15, 0.2) is 5.76 Å². The van der Waals surface area contributed by atoms with Crippen molar-refractivity contribution in [3.8, 4) is 17.2 Å². The van der Waals surface area contributed by atoms with Crippen molar-refractivity contribution >= 4 is 57.1 Å². The Morgan fingerprint density at radius 1 is 0.951 bits per heavy atom. The molecule has 2 N–H and O–H groups in total. The number of rotatable bonds is 11. The molecule has 2 aromatic carbocycles. The molecule has 41 heavy (non-hydrogen) atoms. The van der Waals surface area contributed by atoms with Crippen LogP contribution in [0.15, 0.2) is 83.7 Å². The second kappa shape index (κ2) is 14.2. The second-order valence-electron chi connectivity index (χ2n) is 8.95. The number of fused-ring (bicyclic) bond motifs is 1. The largest absolute Gasteiger partial charge is 0.489 e. The van der Waals surface area contributed by atoms with E-state index in [0.29, 0.717) is 54.0 Å². The van der Waals surface area contributed by atoms with E-state index in [1.54, 1.807) is 18.3 Å². The summed E-state index contributed by atoms with van der Waals surface area (Å²) in [6.45, 7) is 1.09. The number of ether oxygens (including phenoxy) is 1. The van der Waals surface area contributed by atoms with E-state index in [1.165, 1.54) is 24.7 Å². The maximum Gasteiger partial charge on any atom is 0.152 e. The molecule has 0 bridgehead atoms. The summed E-state index contributed by atoms with van der Waals surface area (Å²) in [6.07, 6.45) is 4.34. The van der Waals surface area contributed by atoms with Crippen LogP contribution < -0.4 is 15.4 Å². The van der Waals surface area contributed by atoms with E-state index in [1.807, 2.05) is 42.5 Å². The first-order valence-corrected chi connectivity index (χ1v) is 14.2. The summed E-state index contributed by atoms with van der Waals surface area (Å²) in [5.41, 5.74) is 2.97. The van der Waals surface area contributed by atoms with Crippen LogP contribution in [0.4, 0.5) is 15.9 Å². The summed E-state index contributed by atoms with van der Waals surface area (Å²) in [7, 11) is -3.02. The molecule has 0 aliphatic carbocycles. The van der Waals surface area contributed by atoms with Gasteiger partial charge in [0.1, 0.15) is 51.6 Å². The van der Waals surface area contributed by atoms with Crippen LogP contribution in [0.25, 0.3) is 22.4 Å². The van der Waals surface area contributed by atoms with Crippen LogP contribution >= 0.6 is 24.8 Å². The maximum absolute atomic E-state index is 13.1. The smallest absolute Gasteiger partial charge is 0.152 e. The Balaban J connectivity index is 0.00000231. The number of sulfone groups is 1. The molecule has 0 fully saturated rings. The summed E-state index contributed by atoms with van der Waals surface area (Å²) >= 11 is 0. The first kappa shape index (κ1) is 31.8. The van der Waals surface area contributed by atoms with Gasteiger partial charge in [0.2, 0.25) is 0 Å². The Bertz CT molecular complexity index is 1680. The molecule has 0 aliphatic rings. The van der Waals surface area contributed by atoms with Gasteiger partial charge in [-0.3, -0.25) is 4.98 Å². The van der Waals surface area contributed by atoms with Gasteiger partial charge >= 0.3 is 0 Å². The summed E-state index contributed by atoms with van der Waals surface area (Å²) in [5, 5.41) is 7.15. The highest BCUT2D eigenvalue weighted by molar-refractivity contribution is 7.90. The number of halogens is 3. The van der Waals surface area contributed by atoms with Crippen LogP contribution in [0, 0.1) is 5.82 Å². The van der Waals surface area contributed by atoms with E-state index in [0.717, 1.165) is 16.6 Å². The van der Waals surface area contributed by atoms with Crippen LogP contribution in [-0.4, -0.2) is 41.9 Å². The zero-order chi connectivity index (χ0) is 27.2. The Morgan fingerprint density at radius 2 is 1.71 bits per heavy atom. The number of nitrogens with one attached hydrogen (secondary N) is 2. The maximum atomic E-state index is 13.1. The third-order valence-corrected chi connectivity index (χ3v) is 6.77. The van der Waals surface area contributed by atoms with E-state index in [2.05, 4.69) is 25.6 Å². The first-order chi connectivity index (χ1) is 18.8. The molecular formula is C28H28Cl2FN5O4S. The van der Waals surface area contributed by atoms with Crippen molar-refractivity contribution in [2.75, 3.05) is 23.9 Å². The van der Waals surface area contributed by atoms with Crippen molar-refractivity contribution in [3.05, 3.63) is 96.4 Å². The fourth-order valence-electron chi connectivity index (χ4n) is 3.79. The molecule has 0 radical (unpaired) electrons. The Kier molecular flexibility index (Phi) is 11.0. The summed E-state index contributed by atoms with van der Waals surface area (Å²) < 4.78 is 47.3. The van der Waals surface area contributed by atoms with Gasteiger partial charge in [0.25, 0.3) is 0 Å². The number of nitrogens with zero attached hydrogens (tertiary/aromatic N) is 3. The van der Waals surface area contributed by atoms with Gasteiger partial charge in [-0.2, -0.15) is 0 Å². The van der Waals surface area contributed by atoms with E-state index < -0.39 is 9.84 Å². The van der Waals surface area contributed by atoms with Crippen LogP contribution in [0.5, 0.6) is 5.75 Å². The molecule has 0 saturated carbocycles. The quantitative estimate of drug-likeness (QED) is 0.179. The normalized spacial score (nSPS) is 11.0. The van der Waals surface area contributed by atoms with Crippen molar-refractivity contribution in [1.82, 2.24) is 20.3 Å². The average molecular weight is 621 g/mol. The third kappa shape index (κ3) is 8.86. The Hall–Kier alpha value is -3.77. The van der Waals surface area contributed by atoms with Crippen LogP contribution in [0.1, 0.15) is 11.3 Å². The third-order valence-electron chi connectivity index (χ3n) is 5.82. The predicted octanol–water partition coefficient (Wildman–Crippen LogP) is 5.72. The average Bonchev–Trinajstić information content (AvgIpc) is 3.40. The molecule has 3 heterocycles. The van der Waals surface area contributed by atoms with Crippen molar-refractivity contribution in [2.45, 2.75) is 13.2 Å². The van der Waals surface area contributed by atoms with Crippen molar-refractivity contribution < 1.29 is 22.0 Å². The lowest BCUT2D eigenvalue weighted by atomic mass is 10.2. The highest BCUT2D eigenvalue weighted by Gasteiger charge is 2.11. The highest BCUT2D eigenvalue weighted by Crippen LogP contribution is 2.28. The molecule has 3 aromatic heterocycles. The minimum absolute atomic E-state index is 0. The number of hydrogen-bond acceptors (Lipinski definition) is 9. The van der Waals surface area contributed by atoms with E-state index in [4.69, 9.17) is 9.15 Å². The molecule has 0 saturated heterocycles. The zero-order valence-electron chi connectivity index (χ0n) is 21.9. The first-order valence-electron chi connectivity index (χ1n) is 12.1. The second-order valence-corrected chi connectivity index (χ2v) is 11.2. The van der Waals surface area contributed by atoms with Gasteiger partial charge in [-0.25, -0.2) is 22.8 Å². The molecule has 0 unspecified atom stereocenters. The number of furan rings is 1. The fraction of sp³-hybridized carbons (Fsp3) is 0.179. The van der Waals surface area contributed by atoms with Crippen molar-refractivity contribution in [2.24, 2.45) is 0 Å². The number of benzene rings is 2. The van der Waals surface area contributed by atoms with Crippen molar-refractivity contribution in [3.63, 3.8) is 0 Å². The topological polar surface area (TPSA) is 119 Å². The molecule has 0 aliphatic heterocycles. The molecule has 5 aromatic rings. The Labute approximate surface area is 249 Å². The van der Waals surface area contributed by atoms with Gasteiger partial charge in [-0.05, 0) is 60.2 Å². The lowest BCUT2D eigenvalue weighted by molar-refractivity contribution is 0.306. The minimum atomic E-state index is -3.02. The number of aromatic nitrogens is 3. The van der Waals surface area contributed by atoms with E-state index >= 15 is 0 Å². The lowest BCUT2D eigenvalue weighted by Crippen LogP contribution is -2.21. The Morgan fingerprint density at radius 3 is 2.44 bits per heavy atom.